The molecule has 0 unspecified atom stereocenters. The summed E-state index contributed by atoms with van der Waals surface area (Å²) in [6, 6.07) is 12.2. The molecule has 0 saturated heterocycles. The number of hydrogen-bond donors (Lipinski definition) is 1. The van der Waals surface area contributed by atoms with Crippen LogP contribution in [0.1, 0.15) is 15.9 Å². The number of thioether (sulfide) groups is 1. The van der Waals surface area contributed by atoms with E-state index >= 15 is 0 Å². The molecule has 0 bridgehead atoms. The van der Waals surface area contributed by atoms with Crippen LogP contribution in [0.3, 0.4) is 0 Å². The second-order valence-electron chi connectivity index (χ2n) is 5.03. The number of alkyl halides is 3. The van der Waals surface area contributed by atoms with E-state index in [0.29, 0.717) is 5.69 Å². The fourth-order valence-electron chi connectivity index (χ4n) is 1.89. The van der Waals surface area contributed by atoms with Crippen LogP contribution in [0.15, 0.2) is 53.4 Å². The van der Waals surface area contributed by atoms with Gasteiger partial charge in [0.25, 0.3) is 5.91 Å². The van der Waals surface area contributed by atoms with E-state index in [1.807, 2.05) is 6.92 Å². The minimum Gasteiger partial charge on any atom is -0.452 e. The molecule has 132 valence electrons. The molecule has 1 amide bonds. The van der Waals surface area contributed by atoms with Crippen LogP contribution in [0, 0.1) is 6.92 Å². The van der Waals surface area contributed by atoms with Crippen LogP contribution in [0.4, 0.5) is 18.9 Å². The Hall–Kier alpha value is -2.48. The van der Waals surface area contributed by atoms with Gasteiger partial charge in [-0.05, 0) is 43.0 Å². The molecule has 2 rings (SSSR count). The first-order chi connectivity index (χ1) is 11.7. The van der Waals surface area contributed by atoms with Crippen LogP contribution >= 0.6 is 11.8 Å². The van der Waals surface area contributed by atoms with Crippen molar-refractivity contribution in [3.05, 3.63) is 59.7 Å². The maximum Gasteiger partial charge on any atom is 0.446 e. The largest absolute Gasteiger partial charge is 0.452 e. The third-order valence-corrected chi connectivity index (χ3v) is 3.81. The zero-order valence-electron chi connectivity index (χ0n) is 13.1. The fraction of sp³-hybridized carbons (Fsp3) is 0.176. The fourth-order valence-corrected chi connectivity index (χ4v) is 2.55. The topological polar surface area (TPSA) is 55.4 Å². The Morgan fingerprint density at radius 2 is 1.72 bits per heavy atom. The second-order valence-corrected chi connectivity index (χ2v) is 6.14. The van der Waals surface area contributed by atoms with Gasteiger partial charge >= 0.3 is 11.5 Å². The molecule has 2 aromatic carbocycles. The van der Waals surface area contributed by atoms with Gasteiger partial charge in [-0.3, -0.25) is 4.79 Å². The van der Waals surface area contributed by atoms with E-state index in [1.165, 1.54) is 24.3 Å². The third-order valence-electron chi connectivity index (χ3n) is 3.00. The Labute approximate surface area is 146 Å². The molecule has 0 atom stereocenters. The molecule has 0 aliphatic heterocycles. The van der Waals surface area contributed by atoms with E-state index in [4.69, 9.17) is 4.74 Å². The number of esters is 1. The number of nitrogens with one attached hydrogen (secondary N) is 1. The molecule has 0 aromatic heterocycles. The molecule has 0 fully saturated rings. The number of anilines is 1. The number of rotatable bonds is 5. The van der Waals surface area contributed by atoms with Gasteiger partial charge < -0.3 is 10.1 Å². The lowest BCUT2D eigenvalue weighted by Crippen LogP contribution is -2.21. The molecule has 0 saturated carbocycles. The molecule has 1 N–H and O–H groups in total. The number of amides is 1. The van der Waals surface area contributed by atoms with Crippen molar-refractivity contribution in [2.45, 2.75) is 17.3 Å². The van der Waals surface area contributed by atoms with Crippen molar-refractivity contribution in [1.82, 2.24) is 0 Å². The van der Waals surface area contributed by atoms with Gasteiger partial charge in [0.05, 0.1) is 5.56 Å². The maximum atomic E-state index is 12.5. The first-order valence-corrected chi connectivity index (χ1v) is 7.95. The zero-order valence-corrected chi connectivity index (χ0v) is 13.9. The van der Waals surface area contributed by atoms with E-state index in [1.54, 1.807) is 24.3 Å². The van der Waals surface area contributed by atoms with Gasteiger partial charge in [0, 0.05) is 10.6 Å². The Morgan fingerprint density at radius 3 is 2.36 bits per heavy atom. The molecular weight excluding hydrogens is 355 g/mol. The average molecular weight is 369 g/mol. The summed E-state index contributed by atoms with van der Waals surface area (Å²) in [7, 11) is 0. The Morgan fingerprint density at radius 1 is 1.08 bits per heavy atom. The van der Waals surface area contributed by atoms with E-state index in [2.05, 4.69) is 5.32 Å². The summed E-state index contributed by atoms with van der Waals surface area (Å²) in [6.07, 6.45) is 0. The van der Waals surface area contributed by atoms with E-state index in [-0.39, 0.29) is 10.5 Å². The van der Waals surface area contributed by atoms with Gasteiger partial charge in [-0.2, -0.15) is 13.2 Å². The maximum absolute atomic E-state index is 12.5. The van der Waals surface area contributed by atoms with Crippen molar-refractivity contribution in [3.63, 3.8) is 0 Å². The predicted molar refractivity (Wildman–Crippen MR) is 88.4 cm³/mol. The molecule has 0 aliphatic rings. The van der Waals surface area contributed by atoms with Gasteiger partial charge in [0.15, 0.2) is 6.61 Å². The molecule has 0 aliphatic carbocycles. The van der Waals surface area contributed by atoms with Crippen molar-refractivity contribution >= 4 is 29.3 Å². The first-order valence-electron chi connectivity index (χ1n) is 7.13. The molecule has 0 heterocycles. The normalized spacial score (nSPS) is 11.0. The van der Waals surface area contributed by atoms with Crippen LogP contribution in [0.2, 0.25) is 0 Å². The van der Waals surface area contributed by atoms with Crippen molar-refractivity contribution in [1.29, 1.82) is 0 Å². The molecular formula is C17H14F3NO3S. The third kappa shape index (κ3) is 6.15. The summed E-state index contributed by atoms with van der Waals surface area (Å²) in [6.45, 7) is 1.29. The van der Waals surface area contributed by atoms with E-state index in [0.717, 1.165) is 5.56 Å². The standard InChI is InChI=1S/C17H14F3NO3S/c1-11-6-8-12(9-7-11)21-15(22)10-24-16(23)13-4-2-3-5-14(13)25-17(18,19)20/h2-9H,10H2,1H3,(H,21,22). The molecule has 8 heteroatoms. The van der Waals surface area contributed by atoms with Crippen molar-refractivity contribution in [2.75, 3.05) is 11.9 Å². The predicted octanol–water partition coefficient (Wildman–Crippen LogP) is 4.40. The Kier molecular flexibility index (Phi) is 6.08. The molecule has 4 nitrogen and oxygen atoms in total. The smallest absolute Gasteiger partial charge is 0.446 e. The van der Waals surface area contributed by atoms with E-state index in [9.17, 15) is 22.8 Å². The van der Waals surface area contributed by atoms with Crippen LogP contribution in [-0.2, 0) is 9.53 Å². The summed E-state index contributed by atoms with van der Waals surface area (Å²) in [4.78, 5) is 23.5. The monoisotopic (exact) mass is 369 g/mol. The van der Waals surface area contributed by atoms with Crippen molar-refractivity contribution < 1.29 is 27.5 Å². The van der Waals surface area contributed by atoms with Crippen LogP contribution in [0.25, 0.3) is 0 Å². The van der Waals surface area contributed by atoms with Crippen LogP contribution in [-0.4, -0.2) is 24.0 Å². The number of benzene rings is 2. The van der Waals surface area contributed by atoms with Crippen molar-refractivity contribution in [3.8, 4) is 0 Å². The number of ether oxygens (including phenoxy) is 1. The highest BCUT2D eigenvalue weighted by molar-refractivity contribution is 8.00. The summed E-state index contributed by atoms with van der Waals surface area (Å²) in [5, 5.41) is 2.53. The first kappa shape index (κ1) is 18.9. The van der Waals surface area contributed by atoms with E-state index < -0.39 is 35.8 Å². The second kappa shape index (κ2) is 8.06. The summed E-state index contributed by atoms with van der Waals surface area (Å²) in [5.74, 6) is -1.58. The number of carbonyl (C=O) groups is 2. The summed E-state index contributed by atoms with van der Waals surface area (Å²) in [5.41, 5.74) is -3.23. The molecule has 0 radical (unpaired) electrons. The molecule has 25 heavy (non-hydrogen) atoms. The minimum absolute atomic E-state index is 0.243. The average Bonchev–Trinajstić information content (AvgIpc) is 2.54. The SMILES string of the molecule is Cc1ccc(NC(=O)COC(=O)c2ccccc2SC(F)(F)F)cc1. The van der Waals surface area contributed by atoms with Crippen molar-refractivity contribution in [2.24, 2.45) is 0 Å². The van der Waals surface area contributed by atoms with Gasteiger partial charge in [-0.1, -0.05) is 29.8 Å². The lowest BCUT2D eigenvalue weighted by atomic mass is 10.2. The lowest BCUT2D eigenvalue weighted by molar-refractivity contribution is -0.119. The zero-order chi connectivity index (χ0) is 18.4. The Bertz CT molecular complexity index is 760. The Balaban J connectivity index is 1.96. The number of halogens is 3. The quantitative estimate of drug-likeness (QED) is 0.627. The van der Waals surface area contributed by atoms with Crippen LogP contribution in [0.5, 0.6) is 0 Å². The minimum atomic E-state index is -4.53. The number of hydrogen-bond acceptors (Lipinski definition) is 4. The van der Waals surface area contributed by atoms with Gasteiger partial charge in [0.1, 0.15) is 0 Å². The molecule has 0 spiro atoms. The molecule has 2 aromatic rings. The lowest BCUT2D eigenvalue weighted by Gasteiger charge is -2.11. The number of aryl methyl sites for hydroxylation is 1. The van der Waals surface area contributed by atoms with Gasteiger partial charge in [0.2, 0.25) is 0 Å². The highest BCUT2D eigenvalue weighted by atomic mass is 32.2. The highest BCUT2D eigenvalue weighted by Gasteiger charge is 2.31. The van der Waals surface area contributed by atoms with Gasteiger partial charge in [-0.15, -0.1) is 0 Å². The highest BCUT2D eigenvalue weighted by Crippen LogP contribution is 2.38. The van der Waals surface area contributed by atoms with Gasteiger partial charge in [-0.25, -0.2) is 4.79 Å². The van der Waals surface area contributed by atoms with Crippen LogP contribution < -0.4 is 5.32 Å². The number of carbonyl (C=O) groups excluding carboxylic acids is 2. The summed E-state index contributed by atoms with van der Waals surface area (Å²) < 4.78 is 42.4. The summed E-state index contributed by atoms with van der Waals surface area (Å²) >= 11 is -0.407.